The molecular weight excluding hydrogens is 674 g/mol. The van der Waals surface area contributed by atoms with E-state index in [1.165, 1.54) is 36.2 Å². The van der Waals surface area contributed by atoms with Gasteiger partial charge in [0.1, 0.15) is 35.6 Å². The van der Waals surface area contributed by atoms with Gasteiger partial charge in [-0.25, -0.2) is 17.6 Å². The van der Waals surface area contributed by atoms with Crippen molar-refractivity contribution in [2.45, 2.75) is 49.6 Å². The number of benzene rings is 3. The van der Waals surface area contributed by atoms with Gasteiger partial charge in [0, 0.05) is 42.9 Å². The Bertz CT molecular complexity index is 2090. The number of likely N-dealkylation sites (N-methyl/N-ethyl adjacent to an activating group) is 1. The van der Waals surface area contributed by atoms with Crippen LogP contribution in [0.5, 0.6) is 11.8 Å². The molecular formula is C37H34ClF4N5O3. The van der Waals surface area contributed by atoms with Crippen molar-refractivity contribution in [1.29, 1.82) is 0 Å². The van der Waals surface area contributed by atoms with Gasteiger partial charge in [-0.3, -0.25) is 9.69 Å². The van der Waals surface area contributed by atoms with Crippen LogP contribution < -0.4 is 9.64 Å². The molecule has 0 spiro atoms. The second-order valence-electron chi connectivity index (χ2n) is 13.3. The Labute approximate surface area is 291 Å². The zero-order chi connectivity index (χ0) is 35.5. The maximum Gasteiger partial charge on any atom is 0.319 e. The van der Waals surface area contributed by atoms with Crippen molar-refractivity contribution in [2.75, 3.05) is 44.7 Å². The van der Waals surface area contributed by atoms with Gasteiger partial charge in [-0.2, -0.15) is 9.97 Å². The zero-order valence-corrected chi connectivity index (χ0v) is 28.0. The molecule has 1 N–H and O–H groups in total. The minimum absolute atomic E-state index is 0.0310. The van der Waals surface area contributed by atoms with Crippen LogP contribution in [0.2, 0.25) is 5.02 Å². The van der Waals surface area contributed by atoms with Crippen LogP contribution in [-0.4, -0.2) is 88.1 Å². The van der Waals surface area contributed by atoms with Crippen LogP contribution in [-0.2, 0) is 4.79 Å². The van der Waals surface area contributed by atoms with E-state index in [-0.39, 0.29) is 80.8 Å². The van der Waals surface area contributed by atoms with E-state index in [1.54, 1.807) is 0 Å². The van der Waals surface area contributed by atoms with E-state index in [0.29, 0.717) is 5.39 Å². The summed E-state index contributed by atoms with van der Waals surface area (Å²) in [5.41, 5.74) is -0.767. The minimum Gasteiger partial charge on any atom is -0.508 e. The summed E-state index contributed by atoms with van der Waals surface area (Å²) >= 11 is 6.79. The number of hydrogen-bond donors (Lipinski definition) is 1. The number of halogens is 5. The first-order valence-corrected chi connectivity index (χ1v) is 16.8. The molecule has 1 amide bonds. The molecule has 1 aromatic heterocycles. The molecule has 3 aliphatic heterocycles. The average Bonchev–Trinajstić information content (AvgIpc) is 3.75. The Morgan fingerprint density at radius 2 is 1.92 bits per heavy atom. The number of aromatic hydroxyl groups is 1. The number of aromatic nitrogens is 2. The lowest BCUT2D eigenvalue weighted by atomic mass is 9.93. The van der Waals surface area contributed by atoms with Crippen LogP contribution in [0.1, 0.15) is 37.7 Å². The molecule has 7 rings (SSSR count). The van der Waals surface area contributed by atoms with Gasteiger partial charge < -0.3 is 19.6 Å². The summed E-state index contributed by atoms with van der Waals surface area (Å²) in [6, 6.07) is 4.89. The normalized spacial score (nSPS) is 19.5. The second-order valence-corrected chi connectivity index (χ2v) is 13.7. The molecule has 0 unspecified atom stereocenters. The van der Waals surface area contributed by atoms with Crippen molar-refractivity contribution < 1.29 is 32.2 Å². The van der Waals surface area contributed by atoms with E-state index in [0.717, 1.165) is 55.8 Å². The number of nitrogens with zero attached hydrogens (tertiary/aromatic N) is 5. The monoisotopic (exact) mass is 707 g/mol. The largest absolute Gasteiger partial charge is 0.508 e. The van der Waals surface area contributed by atoms with E-state index >= 15 is 13.2 Å². The molecule has 1 atom stereocenters. The summed E-state index contributed by atoms with van der Waals surface area (Å²) in [6.07, 6.45) is 10.0. The Morgan fingerprint density at radius 3 is 2.62 bits per heavy atom. The lowest BCUT2D eigenvalue weighted by Crippen LogP contribution is -2.48. The Morgan fingerprint density at radius 1 is 1.18 bits per heavy atom. The highest BCUT2D eigenvalue weighted by atomic mass is 35.5. The molecule has 0 aliphatic carbocycles. The van der Waals surface area contributed by atoms with Crippen molar-refractivity contribution in [3.05, 3.63) is 65.2 Å². The number of anilines is 1. The highest BCUT2D eigenvalue weighted by Crippen LogP contribution is 2.45. The van der Waals surface area contributed by atoms with Crippen molar-refractivity contribution in [1.82, 2.24) is 19.8 Å². The third-order valence-corrected chi connectivity index (χ3v) is 10.7. The van der Waals surface area contributed by atoms with E-state index in [2.05, 4.69) is 27.4 Å². The van der Waals surface area contributed by atoms with Crippen molar-refractivity contribution >= 4 is 45.0 Å². The summed E-state index contributed by atoms with van der Waals surface area (Å²) in [7, 11) is 1.51. The van der Waals surface area contributed by atoms with Gasteiger partial charge >= 0.3 is 6.01 Å². The molecule has 3 aliphatic rings. The summed E-state index contributed by atoms with van der Waals surface area (Å²) < 4.78 is 68.6. The molecule has 0 bridgehead atoms. The Balaban J connectivity index is 1.39. The predicted molar refractivity (Wildman–Crippen MR) is 184 cm³/mol. The van der Waals surface area contributed by atoms with Crippen LogP contribution in [0, 0.1) is 24.0 Å². The molecule has 4 aromatic rings. The SMILES string of the molecule is C#Cc1c(F)ccc2cc(O)cc(-c3c(Cl)cc4c(N(C)C[C@H]5N(C(=O)C=C)CCC5(F)F)nc(OCC56CCCN5CCC6)nc4c3F)c12. The zero-order valence-electron chi connectivity index (χ0n) is 27.3. The van der Waals surface area contributed by atoms with Gasteiger partial charge in [0.25, 0.3) is 5.92 Å². The van der Waals surface area contributed by atoms with Crippen molar-refractivity contribution in [2.24, 2.45) is 0 Å². The highest BCUT2D eigenvalue weighted by Gasteiger charge is 2.51. The number of phenols is 1. The summed E-state index contributed by atoms with van der Waals surface area (Å²) in [5, 5.41) is 11.0. The van der Waals surface area contributed by atoms with Gasteiger partial charge in [-0.15, -0.1) is 6.42 Å². The standard InChI is InChI=1S/C37H34ClF4N5O3/c1-4-23-27(39)9-8-21-16-22(48)17-24(30(21)23)31-26(38)18-25-33(32(31)40)43-35(50-20-36-10-6-13-46(36)14-7-11-36)44-34(25)45(3)19-28-37(41,42)12-15-47(28)29(49)5-2/h1,5,8-9,16-18,28,48H,2,6-7,10-15,19-20H2,3H3/t28-/m1/s1. The van der Waals surface area contributed by atoms with Crippen LogP contribution in [0.3, 0.4) is 0 Å². The lowest BCUT2D eigenvalue weighted by molar-refractivity contribution is -0.130. The first-order chi connectivity index (χ1) is 23.9. The molecule has 260 valence electrons. The number of hydrogen-bond acceptors (Lipinski definition) is 7. The van der Waals surface area contributed by atoms with Crippen LogP contribution >= 0.6 is 11.6 Å². The summed E-state index contributed by atoms with van der Waals surface area (Å²) in [4.78, 5) is 26.5. The number of terminal acetylenes is 1. The number of likely N-dealkylation sites (tertiary alicyclic amines) is 1. The molecule has 0 radical (unpaired) electrons. The Kier molecular flexibility index (Phi) is 8.55. The number of phenolic OH excluding ortho intramolecular Hbond substituents is 1. The first kappa shape index (κ1) is 33.9. The number of fused-ring (bicyclic) bond motifs is 3. The molecule has 0 saturated carbocycles. The minimum atomic E-state index is -3.21. The molecule has 50 heavy (non-hydrogen) atoms. The van der Waals surface area contributed by atoms with Crippen LogP contribution in [0.4, 0.5) is 23.4 Å². The number of carbonyl (C=O) groups excluding carboxylic acids is 1. The van der Waals surface area contributed by atoms with Crippen LogP contribution in [0.25, 0.3) is 32.8 Å². The van der Waals surface area contributed by atoms with Crippen molar-refractivity contribution in [3.8, 4) is 35.2 Å². The number of alkyl halides is 2. The third kappa shape index (κ3) is 5.57. The van der Waals surface area contributed by atoms with Crippen LogP contribution in [0.15, 0.2) is 43.0 Å². The predicted octanol–water partition coefficient (Wildman–Crippen LogP) is 6.93. The quantitative estimate of drug-likeness (QED) is 0.121. The van der Waals surface area contributed by atoms with E-state index in [4.69, 9.17) is 22.8 Å². The molecule has 3 saturated heterocycles. The number of rotatable bonds is 8. The van der Waals surface area contributed by atoms with Gasteiger partial charge in [0.15, 0.2) is 5.82 Å². The molecule has 4 heterocycles. The number of carbonyl (C=O) groups is 1. The highest BCUT2D eigenvalue weighted by molar-refractivity contribution is 6.35. The maximum atomic E-state index is 17.1. The summed E-state index contributed by atoms with van der Waals surface area (Å²) in [5.74, 6) is -3.36. The smallest absolute Gasteiger partial charge is 0.319 e. The number of ether oxygens (including phenoxy) is 1. The van der Waals surface area contributed by atoms with E-state index in [9.17, 15) is 14.3 Å². The molecule has 8 nitrogen and oxygen atoms in total. The Hall–Kier alpha value is -4.60. The first-order valence-electron chi connectivity index (χ1n) is 16.4. The van der Waals surface area contributed by atoms with Gasteiger partial charge in [0.2, 0.25) is 5.91 Å². The molecule has 13 heteroatoms. The molecule has 3 aromatic carbocycles. The fraction of sp³-hybridized carbons (Fsp3) is 0.378. The number of amides is 1. The third-order valence-electron chi connectivity index (χ3n) is 10.4. The average molecular weight is 708 g/mol. The lowest BCUT2D eigenvalue weighted by Gasteiger charge is -2.32. The van der Waals surface area contributed by atoms with Gasteiger partial charge in [-0.1, -0.05) is 30.2 Å². The second kappa shape index (κ2) is 12.6. The van der Waals surface area contributed by atoms with Gasteiger partial charge in [0.05, 0.1) is 16.1 Å². The van der Waals surface area contributed by atoms with E-state index < -0.39 is 35.9 Å². The topological polar surface area (TPSA) is 82.0 Å². The fourth-order valence-electron chi connectivity index (χ4n) is 7.96. The maximum absolute atomic E-state index is 17.1. The van der Waals surface area contributed by atoms with E-state index in [1.807, 2.05) is 0 Å². The summed E-state index contributed by atoms with van der Waals surface area (Å²) in [6.45, 7) is 5.07. The molecule has 3 fully saturated rings. The van der Waals surface area contributed by atoms with Crippen molar-refractivity contribution in [3.63, 3.8) is 0 Å². The fourth-order valence-corrected chi connectivity index (χ4v) is 8.26. The van der Waals surface area contributed by atoms with Gasteiger partial charge in [-0.05, 0) is 80.1 Å².